The number of carboxylic acid groups (broad SMARTS) is 1. The van der Waals surface area contributed by atoms with Crippen LogP contribution in [0.2, 0.25) is 0 Å². The third-order valence-corrected chi connectivity index (χ3v) is 5.99. The number of carbonyl (C=O) groups is 2. The molecule has 0 amide bonds. The second kappa shape index (κ2) is 12.3. The molecule has 2 heterocycles. The van der Waals surface area contributed by atoms with Crippen molar-refractivity contribution < 1.29 is 59.2 Å². The molecule has 12 nitrogen and oxygen atoms in total. The highest BCUT2D eigenvalue weighted by molar-refractivity contribution is 5.89. The SMILES string of the molecule is C/C=C1/[C@H](O[C@H]2O[C@@H](CO)[C@H](O)[C@@H](O)[C@@H]2O)OC=C(C(=O)O)[C@H]1CC(=O)OCCc1cccc(O)c1. The van der Waals surface area contributed by atoms with Gasteiger partial charge in [0.05, 0.1) is 31.5 Å². The lowest BCUT2D eigenvalue weighted by Gasteiger charge is -2.41. The van der Waals surface area contributed by atoms with Gasteiger partial charge in [-0.1, -0.05) is 18.2 Å². The van der Waals surface area contributed by atoms with Crippen LogP contribution in [0.5, 0.6) is 5.75 Å². The molecule has 7 atom stereocenters. The van der Waals surface area contributed by atoms with E-state index in [0.29, 0.717) is 6.42 Å². The summed E-state index contributed by atoms with van der Waals surface area (Å²) >= 11 is 0. The molecule has 36 heavy (non-hydrogen) atoms. The van der Waals surface area contributed by atoms with E-state index in [1.165, 1.54) is 18.2 Å². The van der Waals surface area contributed by atoms with Crippen molar-refractivity contribution in [3.63, 3.8) is 0 Å². The number of aliphatic carboxylic acids is 1. The second-order valence-corrected chi connectivity index (χ2v) is 8.37. The number of hydrogen-bond donors (Lipinski definition) is 6. The fraction of sp³-hybridized carbons (Fsp3) is 0.500. The molecule has 1 fully saturated rings. The Labute approximate surface area is 206 Å². The quantitative estimate of drug-likeness (QED) is 0.186. The van der Waals surface area contributed by atoms with Crippen LogP contribution in [0.4, 0.5) is 0 Å². The first kappa shape index (κ1) is 27.6. The molecule has 12 heteroatoms. The molecule has 2 aliphatic heterocycles. The maximum Gasteiger partial charge on any atom is 0.335 e. The van der Waals surface area contributed by atoms with E-state index in [9.17, 15) is 40.2 Å². The number of aromatic hydroxyl groups is 1. The largest absolute Gasteiger partial charge is 0.508 e. The van der Waals surface area contributed by atoms with E-state index in [0.717, 1.165) is 11.8 Å². The fourth-order valence-corrected chi connectivity index (χ4v) is 4.04. The van der Waals surface area contributed by atoms with Crippen LogP contribution in [0.15, 0.2) is 47.7 Å². The van der Waals surface area contributed by atoms with Gasteiger partial charge in [0.25, 0.3) is 0 Å². The molecule has 0 saturated carbocycles. The van der Waals surface area contributed by atoms with E-state index in [1.807, 2.05) is 0 Å². The lowest BCUT2D eigenvalue weighted by molar-refractivity contribution is -0.327. The molecule has 0 unspecified atom stereocenters. The number of ether oxygens (including phenoxy) is 4. The van der Waals surface area contributed by atoms with Gasteiger partial charge >= 0.3 is 11.9 Å². The predicted octanol–water partition coefficient (Wildman–Crippen LogP) is -0.428. The van der Waals surface area contributed by atoms with Crippen LogP contribution < -0.4 is 0 Å². The summed E-state index contributed by atoms with van der Waals surface area (Å²) in [7, 11) is 0. The number of benzene rings is 1. The normalized spacial score (nSPS) is 31.4. The topological polar surface area (TPSA) is 192 Å². The van der Waals surface area contributed by atoms with Gasteiger partial charge < -0.3 is 49.6 Å². The van der Waals surface area contributed by atoms with Gasteiger partial charge in [-0.3, -0.25) is 4.79 Å². The first-order valence-electron chi connectivity index (χ1n) is 11.3. The molecule has 0 radical (unpaired) electrons. The molecule has 3 rings (SSSR count). The summed E-state index contributed by atoms with van der Waals surface area (Å²) in [5, 5.41) is 58.7. The van der Waals surface area contributed by atoms with Gasteiger partial charge in [-0.05, 0) is 24.6 Å². The van der Waals surface area contributed by atoms with Crippen molar-refractivity contribution in [2.45, 2.75) is 56.8 Å². The maximum absolute atomic E-state index is 12.6. The summed E-state index contributed by atoms with van der Waals surface area (Å²) in [6.07, 6.45) is -6.60. The van der Waals surface area contributed by atoms with E-state index in [1.54, 1.807) is 19.1 Å². The zero-order valence-electron chi connectivity index (χ0n) is 19.5. The Hall–Kier alpha value is -3.00. The molecule has 2 aliphatic rings. The number of esters is 1. The summed E-state index contributed by atoms with van der Waals surface area (Å²) in [5.41, 5.74) is 0.764. The molecule has 1 saturated heterocycles. The number of rotatable bonds is 9. The highest BCUT2D eigenvalue weighted by Gasteiger charge is 2.46. The Morgan fingerprint density at radius 1 is 1.14 bits per heavy atom. The Bertz CT molecular complexity index is 987. The fourth-order valence-electron chi connectivity index (χ4n) is 4.04. The summed E-state index contributed by atoms with van der Waals surface area (Å²) in [6.45, 7) is 0.924. The van der Waals surface area contributed by atoms with Crippen LogP contribution in [0.1, 0.15) is 18.9 Å². The van der Waals surface area contributed by atoms with Crippen molar-refractivity contribution in [3.05, 3.63) is 53.3 Å². The first-order valence-corrected chi connectivity index (χ1v) is 11.3. The third-order valence-electron chi connectivity index (χ3n) is 5.99. The number of phenolic OH excluding ortho intramolecular Hbond substituents is 1. The van der Waals surface area contributed by atoms with Crippen molar-refractivity contribution in [1.82, 2.24) is 0 Å². The van der Waals surface area contributed by atoms with Crippen molar-refractivity contribution in [2.24, 2.45) is 5.92 Å². The van der Waals surface area contributed by atoms with Crippen LogP contribution in [0, 0.1) is 5.92 Å². The number of aliphatic hydroxyl groups excluding tert-OH is 4. The highest BCUT2D eigenvalue weighted by atomic mass is 16.8. The van der Waals surface area contributed by atoms with Gasteiger partial charge in [-0.2, -0.15) is 0 Å². The number of aliphatic hydroxyl groups is 4. The minimum atomic E-state index is -1.70. The summed E-state index contributed by atoms with van der Waals surface area (Å²) < 4.78 is 21.6. The van der Waals surface area contributed by atoms with Crippen LogP contribution in [0.3, 0.4) is 0 Å². The zero-order valence-corrected chi connectivity index (χ0v) is 19.5. The molecule has 0 spiro atoms. The van der Waals surface area contributed by atoms with Crippen LogP contribution >= 0.6 is 0 Å². The number of hydrogen-bond acceptors (Lipinski definition) is 11. The Kier molecular flexibility index (Phi) is 9.43. The van der Waals surface area contributed by atoms with Gasteiger partial charge in [0.15, 0.2) is 6.29 Å². The zero-order chi connectivity index (χ0) is 26.4. The Balaban J connectivity index is 1.69. The van der Waals surface area contributed by atoms with E-state index < -0.39 is 61.5 Å². The number of phenols is 1. The van der Waals surface area contributed by atoms with Crippen molar-refractivity contribution in [3.8, 4) is 5.75 Å². The van der Waals surface area contributed by atoms with Crippen molar-refractivity contribution in [2.75, 3.05) is 13.2 Å². The van der Waals surface area contributed by atoms with Gasteiger partial charge in [-0.25, -0.2) is 4.79 Å². The first-order chi connectivity index (χ1) is 17.2. The van der Waals surface area contributed by atoms with Gasteiger partial charge in [0, 0.05) is 17.9 Å². The smallest absolute Gasteiger partial charge is 0.335 e. The minimum absolute atomic E-state index is 0.00754. The van der Waals surface area contributed by atoms with Crippen LogP contribution in [0.25, 0.3) is 0 Å². The van der Waals surface area contributed by atoms with Gasteiger partial charge in [0.2, 0.25) is 6.29 Å². The lowest BCUT2D eigenvalue weighted by atomic mass is 9.86. The molecule has 1 aromatic rings. The molecular formula is C24H30O12. The maximum atomic E-state index is 12.6. The molecule has 6 N–H and O–H groups in total. The molecule has 0 aromatic heterocycles. The van der Waals surface area contributed by atoms with Crippen LogP contribution in [-0.4, -0.2) is 92.8 Å². The van der Waals surface area contributed by atoms with E-state index in [-0.39, 0.29) is 29.9 Å². The summed E-state index contributed by atoms with van der Waals surface area (Å²) in [4.78, 5) is 24.4. The number of carbonyl (C=O) groups excluding carboxylic acids is 1. The van der Waals surface area contributed by atoms with Crippen molar-refractivity contribution in [1.29, 1.82) is 0 Å². The molecule has 0 bridgehead atoms. The predicted molar refractivity (Wildman–Crippen MR) is 120 cm³/mol. The number of allylic oxidation sites excluding steroid dienone is 1. The van der Waals surface area contributed by atoms with Gasteiger partial charge in [-0.15, -0.1) is 0 Å². The third kappa shape index (κ3) is 6.40. The summed E-state index contributed by atoms with van der Waals surface area (Å²) in [6, 6.07) is 6.47. The van der Waals surface area contributed by atoms with E-state index in [4.69, 9.17) is 18.9 Å². The molecule has 1 aromatic carbocycles. The van der Waals surface area contributed by atoms with Gasteiger partial charge in [0.1, 0.15) is 30.2 Å². The van der Waals surface area contributed by atoms with Crippen LogP contribution in [-0.2, 0) is 35.0 Å². The summed E-state index contributed by atoms with van der Waals surface area (Å²) in [5.74, 6) is -2.91. The second-order valence-electron chi connectivity index (χ2n) is 8.37. The average molecular weight is 510 g/mol. The molecular weight excluding hydrogens is 480 g/mol. The highest BCUT2D eigenvalue weighted by Crippen LogP contribution is 2.35. The Morgan fingerprint density at radius 3 is 2.53 bits per heavy atom. The molecule has 198 valence electrons. The minimum Gasteiger partial charge on any atom is -0.508 e. The molecule has 0 aliphatic carbocycles. The van der Waals surface area contributed by atoms with Crippen molar-refractivity contribution >= 4 is 11.9 Å². The standard InChI is InChI=1S/C24H30O12/c1-2-14-15(9-18(27)33-7-6-12-4-3-5-13(26)8-12)16(22(31)32)11-34-23(14)36-24-21(30)20(29)19(28)17(10-25)35-24/h2-5,8,11,15,17,19-21,23-26,28-30H,6-7,9-10H2,1H3,(H,31,32)/b14-2+/t15-,17-,19-,20+,21-,23-,24+/m0/s1. The van der Waals surface area contributed by atoms with E-state index in [2.05, 4.69) is 0 Å². The number of carboxylic acids is 1. The average Bonchev–Trinajstić information content (AvgIpc) is 2.84. The Morgan fingerprint density at radius 2 is 1.89 bits per heavy atom. The van der Waals surface area contributed by atoms with E-state index >= 15 is 0 Å². The monoisotopic (exact) mass is 510 g/mol. The lowest BCUT2D eigenvalue weighted by Crippen LogP contribution is -2.60.